The molecule has 0 spiro atoms. The highest BCUT2D eigenvalue weighted by Gasteiger charge is 2.53. The molecule has 0 bridgehead atoms. The number of hydrazine groups is 1. The number of carbonyl (C=O) groups is 1. The van der Waals surface area contributed by atoms with E-state index in [1.54, 1.807) is 7.11 Å². The van der Waals surface area contributed by atoms with Gasteiger partial charge in [-0.05, 0) is 59.0 Å². The van der Waals surface area contributed by atoms with Crippen molar-refractivity contribution in [2.75, 3.05) is 33.5 Å². The minimum absolute atomic E-state index is 0.0688. The van der Waals surface area contributed by atoms with Crippen molar-refractivity contribution in [2.45, 2.75) is 30.9 Å². The van der Waals surface area contributed by atoms with E-state index >= 15 is 0 Å². The van der Waals surface area contributed by atoms with Gasteiger partial charge in [-0.2, -0.15) is 0 Å². The second-order valence-corrected chi connectivity index (χ2v) is 11.6. The van der Waals surface area contributed by atoms with Gasteiger partial charge in [0.25, 0.3) is 5.91 Å². The lowest BCUT2D eigenvalue weighted by Crippen LogP contribution is -2.54. The number of nitrogens with one attached hydrogen (secondary N) is 2. The lowest BCUT2D eigenvalue weighted by molar-refractivity contribution is -0.130. The number of hydrogen-bond acceptors (Lipinski definition) is 7. The predicted octanol–water partition coefficient (Wildman–Crippen LogP) is 6.03. The van der Waals surface area contributed by atoms with Gasteiger partial charge in [0.05, 0.1) is 6.61 Å². The Morgan fingerprint density at radius 1 is 0.889 bits per heavy atom. The van der Waals surface area contributed by atoms with Crippen molar-refractivity contribution in [1.29, 1.82) is 0 Å². The molecule has 4 aromatic rings. The highest BCUT2D eigenvalue weighted by atomic mass is 79.9. The molecular weight excluding hydrogens is 634 g/mol. The number of benzene rings is 4. The number of ether oxygens (including phenoxy) is 3. The maximum atomic E-state index is 14.3. The molecule has 3 N–H and O–H groups in total. The first kappa shape index (κ1) is 32.4. The number of nitrogens with zero attached hydrogens (tertiary/aromatic N) is 1. The summed E-state index contributed by atoms with van der Waals surface area (Å²) in [7, 11) is 1.65. The summed E-state index contributed by atoms with van der Waals surface area (Å²) in [5.41, 5.74) is 9.31. The number of aliphatic hydroxyl groups excluding tert-OH is 1. The number of rotatable bonds is 15. The van der Waals surface area contributed by atoms with Crippen LogP contribution in [0.2, 0.25) is 0 Å². The van der Waals surface area contributed by atoms with Gasteiger partial charge in [-0.1, -0.05) is 88.7 Å². The molecule has 0 fully saturated rings. The number of amides is 1. The third-order valence-electron chi connectivity index (χ3n) is 7.62. The van der Waals surface area contributed by atoms with Gasteiger partial charge in [0, 0.05) is 49.7 Å². The molecule has 234 valence electrons. The molecule has 5 rings (SSSR count). The Morgan fingerprint density at radius 3 is 2.29 bits per heavy atom. The standard InChI is InChI=1S/C36H38BrN3O5/c1-43-23-7-21-38-40-35(42)36(25-30-11-5-6-12-32(30)37)33(28-15-13-27(14-16-28)26-9-3-2-4-10-26)45-34(39-36)29-17-19-31(20-18-29)44-24-8-22-41/h2-6,9-20,33,38,41H,7-8,21-25H2,1H3,(H,40,42)/t33-,36-/m0/s1. The molecule has 2 atom stereocenters. The first-order valence-electron chi connectivity index (χ1n) is 15.1. The third kappa shape index (κ3) is 7.99. The predicted molar refractivity (Wildman–Crippen MR) is 179 cm³/mol. The summed E-state index contributed by atoms with van der Waals surface area (Å²) in [6, 6.07) is 33.6. The zero-order chi connectivity index (χ0) is 31.5. The van der Waals surface area contributed by atoms with Crippen LogP contribution in [0.5, 0.6) is 5.75 Å². The quantitative estimate of drug-likeness (QED) is 0.105. The Morgan fingerprint density at radius 2 is 1.58 bits per heavy atom. The third-order valence-corrected chi connectivity index (χ3v) is 8.39. The minimum atomic E-state index is -1.34. The summed E-state index contributed by atoms with van der Waals surface area (Å²) in [6.45, 7) is 1.60. The van der Waals surface area contributed by atoms with Gasteiger partial charge in [0.1, 0.15) is 5.75 Å². The maximum absolute atomic E-state index is 14.3. The summed E-state index contributed by atoms with van der Waals surface area (Å²) in [6.07, 6.45) is 0.854. The van der Waals surface area contributed by atoms with E-state index in [1.165, 1.54) is 0 Å². The molecule has 8 nitrogen and oxygen atoms in total. The summed E-state index contributed by atoms with van der Waals surface area (Å²) in [5.74, 6) is 0.749. The number of hydrogen-bond donors (Lipinski definition) is 3. The zero-order valence-electron chi connectivity index (χ0n) is 25.2. The Hall–Kier alpha value is -4.02. The lowest BCUT2D eigenvalue weighted by Gasteiger charge is -2.31. The first-order chi connectivity index (χ1) is 22.0. The van der Waals surface area contributed by atoms with Crippen LogP contribution in [0.4, 0.5) is 0 Å². The molecule has 1 amide bonds. The van der Waals surface area contributed by atoms with E-state index < -0.39 is 11.6 Å². The second-order valence-electron chi connectivity index (χ2n) is 10.8. The van der Waals surface area contributed by atoms with Crippen LogP contribution in [-0.4, -0.2) is 55.9 Å². The van der Waals surface area contributed by atoms with Gasteiger partial charge in [-0.25, -0.2) is 10.4 Å². The Labute approximate surface area is 272 Å². The van der Waals surface area contributed by atoms with E-state index in [9.17, 15) is 4.79 Å². The van der Waals surface area contributed by atoms with E-state index in [0.717, 1.165) is 38.7 Å². The number of aliphatic hydroxyl groups is 1. The van der Waals surface area contributed by atoms with Crippen LogP contribution in [0, 0.1) is 0 Å². The molecule has 0 unspecified atom stereocenters. The van der Waals surface area contributed by atoms with Crippen molar-refractivity contribution in [1.82, 2.24) is 10.9 Å². The molecule has 9 heteroatoms. The molecule has 45 heavy (non-hydrogen) atoms. The van der Waals surface area contributed by atoms with Crippen LogP contribution in [0.1, 0.15) is 35.6 Å². The highest BCUT2D eigenvalue weighted by molar-refractivity contribution is 9.10. The van der Waals surface area contributed by atoms with Crippen molar-refractivity contribution >= 4 is 27.7 Å². The van der Waals surface area contributed by atoms with Gasteiger partial charge < -0.3 is 19.3 Å². The topological polar surface area (TPSA) is 101 Å². The zero-order valence-corrected chi connectivity index (χ0v) is 26.8. The molecule has 4 aromatic carbocycles. The smallest absolute Gasteiger partial charge is 0.266 e. The Kier molecular flexibility index (Phi) is 11.4. The summed E-state index contributed by atoms with van der Waals surface area (Å²) < 4.78 is 18.4. The number of aliphatic imine (C=N–C) groups is 1. The average molecular weight is 673 g/mol. The van der Waals surface area contributed by atoms with E-state index in [2.05, 4.69) is 51.0 Å². The van der Waals surface area contributed by atoms with E-state index in [-0.39, 0.29) is 18.9 Å². The molecule has 1 heterocycles. The minimum Gasteiger partial charge on any atom is -0.494 e. The largest absolute Gasteiger partial charge is 0.494 e. The van der Waals surface area contributed by atoms with Crippen LogP contribution in [-0.2, 0) is 20.7 Å². The van der Waals surface area contributed by atoms with Crippen LogP contribution in [0.25, 0.3) is 11.1 Å². The average Bonchev–Trinajstić information content (AvgIpc) is 3.47. The van der Waals surface area contributed by atoms with E-state index in [0.29, 0.717) is 37.8 Å². The molecule has 0 saturated heterocycles. The number of halogens is 1. The first-order valence-corrected chi connectivity index (χ1v) is 15.8. The maximum Gasteiger partial charge on any atom is 0.266 e. The second kappa shape index (κ2) is 15.8. The Balaban J connectivity index is 1.53. The molecule has 0 radical (unpaired) electrons. The normalized spacial score (nSPS) is 17.4. The van der Waals surface area contributed by atoms with Crippen molar-refractivity contribution in [3.63, 3.8) is 0 Å². The highest BCUT2D eigenvalue weighted by Crippen LogP contribution is 2.43. The van der Waals surface area contributed by atoms with Crippen molar-refractivity contribution in [3.8, 4) is 16.9 Å². The van der Waals surface area contributed by atoms with Gasteiger partial charge in [0.2, 0.25) is 5.90 Å². The summed E-state index contributed by atoms with van der Waals surface area (Å²) in [5, 5.41) is 9.07. The fourth-order valence-electron chi connectivity index (χ4n) is 5.25. The summed E-state index contributed by atoms with van der Waals surface area (Å²) in [4.78, 5) is 19.4. The molecule has 0 aliphatic carbocycles. The van der Waals surface area contributed by atoms with Crippen LogP contribution in [0.3, 0.4) is 0 Å². The molecule has 0 saturated carbocycles. The van der Waals surface area contributed by atoms with Crippen molar-refractivity contribution in [3.05, 3.63) is 124 Å². The van der Waals surface area contributed by atoms with Gasteiger partial charge in [-0.3, -0.25) is 10.2 Å². The molecule has 1 aliphatic heterocycles. The van der Waals surface area contributed by atoms with Crippen molar-refractivity contribution < 1.29 is 24.1 Å². The molecule has 0 aromatic heterocycles. The fraction of sp³-hybridized carbons (Fsp3) is 0.278. The van der Waals surface area contributed by atoms with E-state index in [4.69, 9.17) is 24.3 Å². The molecular formula is C36H38BrN3O5. The molecule has 1 aliphatic rings. The lowest BCUT2D eigenvalue weighted by atomic mass is 9.82. The fourth-order valence-corrected chi connectivity index (χ4v) is 5.68. The van der Waals surface area contributed by atoms with E-state index in [1.807, 2.05) is 78.9 Å². The summed E-state index contributed by atoms with van der Waals surface area (Å²) >= 11 is 3.68. The number of carbonyl (C=O) groups excluding carboxylic acids is 1. The SMILES string of the molecule is COCCCNNC(=O)[C@@]1(Cc2ccccc2Br)N=C(c2ccc(OCCCO)cc2)O[C@H]1c1ccc(-c2ccccc2)cc1. The van der Waals surface area contributed by atoms with Gasteiger partial charge in [0.15, 0.2) is 11.6 Å². The van der Waals surface area contributed by atoms with Crippen LogP contribution >= 0.6 is 15.9 Å². The van der Waals surface area contributed by atoms with Gasteiger partial charge >= 0.3 is 0 Å². The van der Waals surface area contributed by atoms with Crippen LogP contribution < -0.4 is 15.6 Å². The monoisotopic (exact) mass is 671 g/mol. The van der Waals surface area contributed by atoms with Gasteiger partial charge in [-0.15, -0.1) is 0 Å². The van der Waals surface area contributed by atoms with Crippen LogP contribution in [0.15, 0.2) is 113 Å². The Bertz CT molecular complexity index is 1560. The number of methoxy groups -OCH3 is 1. The van der Waals surface area contributed by atoms with Crippen molar-refractivity contribution in [2.24, 2.45) is 4.99 Å².